The van der Waals surface area contributed by atoms with Crippen molar-refractivity contribution in [3.05, 3.63) is 53.0 Å². The first-order valence-corrected chi connectivity index (χ1v) is 8.48. The maximum absolute atomic E-state index is 12.4. The largest absolute Gasteiger partial charge is 0.326 e. The molecule has 3 aromatic rings. The lowest BCUT2D eigenvalue weighted by Gasteiger charge is -2.15. The number of amides is 2. The molecule has 0 bridgehead atoms. The van der Waals surface area contributed by atoms with Crippen LogP contribution < -0.4 is 10.6 Å². The molecular weight excluding hydrogens is 340 g/mol. The average Bonchev–Trinajstić information content (AvgIpc) is 3.28. The molecule has 0 spiro atoms. The molecule has 9 heteroatoms. The van der Waals surface area contributed by atoms with Crippen molar-refractivity contribution >= 4 is 34.5 Å². The molecule has 0 fully saturated rings. The van der Waals surface area contributed by atoms with Gasteiger partial charge in [-0.2, -0.15) is 11.3 Å². The summed E-state index contributed by atoms with van der Waals surface area (Å²) in [5.41, 5.74) is 2.31. The molecule has 1 aromatic carbocycles. The van der Waals surface area contributed by atoms with Crippen LogP contribution in [-0.2, 0) is 9.59 Å². The van der Waals surface area contributed by atoms with Gasteiger partial charge in [0.05, 0.1) is 12.5 Å². The summed E-state index contributed by atoms with van der Waals surface area (Å²) in [5, 5.41) is 20.7. The average molecular weight is 356 g/mol. The Hall–Kier alpha value is -3.07. The van der Waals surface area contributed by atoms with E-state index in [-0.39, 0.29) is 24.3 Å². The SMILES string of the molecule is CC(=O)Nc1ccc(NC(=O)C[C@H](c2ccsc2)n2cnnn2)cc1. The van der Waals surface area contributed by atoms with Crippen molar-refractivity contribution in [2.75, 3.05) is 10.6 Å². The van der Waals surface area contributed by atoms with Gasteiger partial charge in [-0.25, -0.2) is 4.68 Å². The Labute approximate surface area is 147 Å². The molecule has 2 aromatic heterocycles. The van der Waals surface area contributed by atoms with E-state index >= 15 is 0 Å². The van der Waals surface area contributed by atoms with Gasteiger partial charge in [-0.3, -0.25) is 9.59 Å². The minimum Gasteiger partial charge on any atom is -0.326 e. The van der Waals surface area contributed by atoms with Crippen LogP contribution in [0.4, 0.5) is 11.4 Å². The van der Waals surface area contributed by atoms with E-state index in [1.807, 2.05) is 16.8 Å². The smallest absolute Gasteiger partial charge is 0.226 e. The minimum atomic E-state index is -0.264. The van der Waals surface area contributed by atoms with Gasteiger partial charge in [0.25, 0.3) is 0 Å². The van der Waals surface area contributed by atoms with Gasteiger partial charge in [-0.05, 0) is 57.1 Å². The highest BCUT2D eigenvalue weighted by molar-refractivity contribution is 7.08. The number of hydrogen-bond donors (Lipinski definition) is 2. The molecule has 0 aliphatic heterocycles. The normalized spacial score (nSPS) is 11.7. The zero-order chi connectivity index (χ0) is 17.6. The second kappa shape index (κ2) is 7.67. The van der Waals surface area contributed by atoms with Gasteiger partial charge in [0.15, 0.2) is 0 Å². The number of thiophene rings is 1. The van der Waals surface area contributed by atoms with Crippen LogP contribution in [-0.4, -0.2) is 32.0 Å². The lowest BCUT2D eigenvalue weighted by atomic mass is 10.1. The summed E-state index contributed by atoms with van der Waals surface area (Å²) < 4.78 is 1.57. The summed E-state index contributed by atoms with van der Waals surface area (Å²) in [4.78, 5) is 23.4. The Kier molecular flexibility index (Phi) is 5.14. The summed E-state index contributed by atoms with van der Waals surface area (Å²) in [6, 6.07) is 8.62. The topological polar surface area (TPSA) is 102 Å². The van der Waals surface area contributed by atoms with E-state index in [0.717, 1.165) is 5.56 Å². The fourth-order valence-electron chi connectivity index (χ4n) is 2.37. The number of rotatable bonds is 6. The standard InChI is InChI=1S/C16H16N6O2S/c1-11(23)18-13-2-4-14(5-3-13)19-16(24)8-15(12-6-7-25-9-12)22-10-17-20-21-22/h2-7,9-10,15H,8H2,1H3,(H,18,23)(H,19,24)/t15-/m1/s1. The van der Waals surface area contributed by atoms with Crippen molar-refractivity contribution in [3.8, 4) is 0 Å². The minimum absolute atomic E-state index is 0.142. The van der Waals surface area contributed by atoms with Crippen molar-refractivity contribution < 1.29 is 9.59 Å². The van der Waals surface area contributed by atoms with Crippen LogP contribution in [0.3, 0.4) is 0 Å². The third-order valence-electron chi connectivity index (χ3n) is 3.48. The van der Waals surface area contributed by atoms with E-state index in [4.69, 9.17) is 0 Å². The number of benzene rings is 1. The lowest BCUT2D eigenvalue weighted by molar-refractivity contribution is -0.117. The molecule has 0 saturated heterocycles. The first-order valence-electron chi connectivity index (χ1n) is 7.54. The lowest BCUT2D eigenvalue weighted by Crippen LogP contribution is -2.20. The predicted octanol–water partition coefficient (Wildman–Crippen LogP) is 2.31. The van der Waals surface area contributed by atoms with Crippen LogP contribution in [0, 0.1) is 0 Å². The maximum Gasteiger partial charge on any atom is 0.226 e. The Morgan fingerprint density at radius 1 is 1.16 bits per heavy atom. The van der Waals surface area contributed by atoms with Crippen LogP contribution in [0.25, 0.3) is 0 Å². The van der Waals surface area contributed by atoms with Gasteiger partial charge in [0, 0.05) is 18.3 Å². The number of nitrogens with zero attached hydrogens (tertiary/aromatic N) is 4. The highest BCUT2D eigenvalue weighted by Gasteiger charge is 2.19. The number of anilines is 2. The Bertz CT molecular complexity index is 796. The van der Waals surface area contributed by atoms with Crippen LogP contribution in [0.1, 0.15) is 24.9 Å². The molecule has 2 amide bonds. The van der Waals surface area contributed by atoms with E-state index in [1.54, 1.807) is 40.3 Å². The summed E-state index contributed by atoms with van der Waals surface area (Å²) in [6.45, 7) is 1.44. The number of tetrazole rings is 1. The van der Waals surface area contributed by atoms with Crippen molar-refractivity contribution in [2.45, 2.75) is 19.4 Å². The Morgan fingerprint density at radius 2 is 1.88 bits per heavy atom. The van der Waals surface area contributed by atoms with Gasteiger partial charge < -0.3 is 10.6 Å². The Balaban J connectivity index is 1.67. The van der Waals surface area contributed by atoms with E-state index in [9.17, 15) is 9.59 Å². The molecule has 1 atom stereocenters. The van der Waals surface area contributed by atoms with Crippen LogP contribution in [0.5, 0.6) is 0 Å². The fraction of sp³-hybridized carbons (Fsp3) is 0.188. The van der Waals surface area contributed by atoms with Crippen LogP contribution >= 0.6 is 11.3 Å². The van der Waals surface area contributed by atoms with Gasteiger partial charge in [-0.1, -0.05) is 0 Å². The number of nitrogens with one attached hydrogen (secondary N) is 2. The van der Waals surface area contributed by atoms with E-state index in [1.165, 1.54) is 13.3 Å². The summed E-state index contributed by atoms with van der Waals surface area (Å²) >= 11 is 1.55. The van der Waals surface area contributed by atoms with Gasteiger partial charge in [-0.15, -0.1) is 5.10 Å². The van der Waals surface area contributed by atoms with Crippen LogP contribution in [0.2, 0.25) is 0 Å². The molecule has 25 heavy (non-hydrogen) atoms. The van der Waals surface area contributed by atoms with Crippen molar-refractivity contribution in [1.29, 1.82) is 0 Å². The molecule has 2 N–H and O–H groups in total. The summed E-state index contributed by atoms with van der Waals surface area (Å²) in [6.07, 6.45) is 1.70. The van der Waals surface area contributed by atoms with E-state index in [0.29, 0.717) is 11.4 Å². The summed E-state index contributed by atoms with van der Waals surface area (Å²) in [7, 11) is 0. The molecule has 8 nitrogen and oxygen atoms in total. The van der Waals surface area contributed by atoms with Crippen molar-refractivity contribution in [3.63, 3.8) is 0 Å². The van der Waals surface area contributed by atoms with Gasteiger partial charge in [0.2, 0.25) is 11.8 Å². The number of aromatic nitrogens is 4. The third kappa shape index (κ3) is 4.48. The number of carbonyl (C=O) groups is 2. The zero-order valence-corrected chi connectivity index (χ0v) is 14.2. The van der Waals surface area contributed by atoms with Crippen molar-refractivity contribution in [1.82, 2.24) is 20.2 Å². The van der Waals surface area contributed by atoms with Crippen molar-refractivity contribution in [2.24, 2.45) is 0 Å². The third-order valence-corrected chi connectivity index (χ3v) is 4.18. The molecule has 0 saturated carbocycles. The first-order chi connectivity index (χ1) is 12.1. The van der Waals surface area contributed by atoms with Crippen LogP contribution in [0.15, 0.2) is 47.4 Å². The molecule has 0 aliphatic carbocycles. The zero-order valence-electron chi connectivity index (χ0n) is 13.4. The molecule has 0 unspecified atom stereocenters. The van der Waals surface area contributed by atoms with Gasteiger partial charge >= 0.3 is 0 Å². The monoisotopic (exact) mass is 356 g/mol. The Morgan fingerprint density at radius 3 is 2.44 bits per heavy atom. The first kappa shape index (κ1) is 16.8. The van der Waals surface area contributed by atoms with E-state index in [2.05, 4.69) is 26.2 Å². The second-order valence-corrected chi connectivity index (χ2v) is 6.15. The molecule has 0 radical (unpaired) electrons. The van der Waals surface area contributed by atoms with Gasteiger partial charge in [0.1, 0.15) is 6.33 Å². The maximum atomic E-state index is 12.4. The quantitative estimate of drug-likeness (QED) is 0.706. The highest BCUT2D eigenvalue weighted by atomic mass is 32.1. The molecular formula is C16H16N6O2S. The fourth-order valence-corrected chi connectivity index (χ4v) is 3.07. The second-order valence-electron chi connectivity index (χ2n) is 5.37. The number of carbonyl (C=O) groups excluding carboxylic acids is 2. The summed E-state index contributed by atoms with van der Waals surface area (Å²) in [5.74, 6) is -0.296. The number of hydrogen-bond acceptors (Lipinski definition) is 6. The predicted molar refractivity (Wildman–Crippen MR) is 94.3 cm³/mol. The molecule has 128 valence electrons. The molecule has 0 aliphatic rings. The highest BCUT2D eigenvalue weighted by Crippen LogP contribution is 2.24. The molecule has 2 heterocycles. The molecule has 3 rings (SSSR count). The van der Waals surface area contributed by atoms with E-state index < -0.39 is 0 Å².